The average molecular weight is 336 g/mol. The molecule has 118 valence electrons. The van der Waals surface area contributed by atoms with Crippen LogP contribution < -0.4 is 0 Å². The number of carbonyl (C=O) groups excluding carboxylic acids is 1. The molecule has 1 fully saturated rings. The molecule has 0 aromatic heterocycles. The van der Waals surface area contributed by atoms with Crippen LogP contribution in [0.25, 0.3) is 0 Å². The van der Waals surface area contributed by atoms with Gasteiger partial charge < -0.3 is 4.90 Å². The van der Waals surface area contributed by atoms with Crippen LogP contribution in [0, 0.1) is 5.92 Å². The van der Waals surface area contributed by atoms with Crippen LogP contribution in [0.5, 0.6) is 0 Å². The van der Waals surface area contributed by atoms with Gasteiger partial charge in [-0.25, -0.2) is 0 Å². The second-order valence-corrected chi connectivity index (χ2v) is 7.69. The molecule has 0 bridgehead atoms. The molecule has 4 heteroatoms. The predicted molar refractivity (Wildman–Crippen MR) is 94.3 cm³/mol. The Labute approximate surface area is 141 Å². The van der Waals surface area contributed by atoms with Gasteiger partial charge in [-0.15, -0.1) is 0 Å². The summed E-state index contributed by atoms with van der Waals surface area (Å²) in [5.74, 6) is 1.54. The number of hydrogen-bond donors (Lipinski definition) is 0. The summed E-state index contributed by atoms with van der Waals surface area (Å²) in [5, 5.41) is 1.25. The summed E-state index contributed by atoms with van der Waals surface area (Å²) >= 11 is 8.26. The van der Waals surface area contributed by atoms with Crippen molar-refractivity contribution in [3.63, 3.8) is 0 Å². The molecule has 22 heavy (non-hydrogen) atoms. The molecule has 0 radical (unpaired) electrons. The van der Waals surface area contributed by atoms with Crippen LogP contribution in [0.3, 0.4) is 0 Å². The molecule has 1 aliphatic heterocycles. The molecule has 2 aliphatic rings. The van der Waals surface area contributed by atoms with Crippen LogP contribution in [0.2, 0.25) is 5.02 Å². The first-order valence-corrected chi connectivity index (χ1v) is 9.48. The summed E-state index contributed by atoms with van der Waals surface area (Å²) in [5.41, 5.74) is 1.21. The number of nitrogens with zero attached hydrogens (tertiary/aromatic N) is 1. The summed E-state index contributed by atoms with van der Waals surface area (Å²) in [6.07, 6.45) is 8.30. The van der Waals surface area contributed by atoms with Gasteiger partial charge in [0.15, 0.2) is 0 Å². The summed E-state index contributed by atoms with van der Waals surface area (Å²) in [6, 6.07) is 8.09. The van der Waals surface area contributed by atoms with E-state index in [4.69, 9.17) is 11.6 Å². The van der Waals surface area contributed by atoms with Crippen molar-refractivity contribution in [3.8, 4) is 0 Å². The monoisotopic (exact) mass is 335 g/mol. The van der Waals surface area contributed by atoms with Gasteiger partial charge in [-0.2, -0.15) is 11.8 Å². The normalized spacial score (nSPS) is 25.8. The molecule has 0 spiro atoms. The van der Waals surface area contributed by atoms with Gasteiger partial charge in [0, 0.05) is 35.0 Å². The molecule has 0 saturated carbocycles. The largest absolute Gasteiger partial charge is 0.342 e. The number of thioether (sulfide) groups is 1. The van der Waals surface area contributed by atoms with Crippen molar-refractivity contribution < 1.29 is 4.79 Å². The third-order valence-corrected chi connectivity index (χ3v) is 6.18. The van der Waals surface area contributed by atoms with E-state index in [1.165, 1.54) is 5.56 Å². The number of benzene rings is 1. The minimum absolute atomic E-state index is 0.201. The maximum atomic E-state index is 12.7. The van der Waals surface area contributed by atoms with E-state index in [0.717, 1.165) is 49.5 Å². The second-order valence-electron chi connectivity index (χ2n) is 5.98. The minimum atomic E-state index is 0.201. The van der Waals surface area contributed by atoms with Crippen molar-refractivity contribution in [2.75, 3.05) is 18.8 Å². The fourth-order valence-corrected chi connectivity index (χ4v) is 4.85. The lowest BCUT2D eigenvalue weighted by Crippen LogP contribution is -2.38. The Hall–Kier alpha value is -0.930. The van der Waals surface area contributed by atoms with Gasteiger partial charge in [0.25, 0.3) is 0 Å². The number of halogens is 1. The highest BCUT2D eigenvalue weighted by atomic mass is 35.5. The fraction of sp³-hybridized carbons (Fsp3) is 0.500. The van der Waals surface area contributed by atoms with Crippen LogP contribution in [0.15, 0.2) is 36.4 Å². The van der Waals surface area contributed by atoms with E-state index >= 15 is 0 Å². The van der Waals surface area contributed by atoms with E-state index in [0.29, 0.717) is 11.2 Å². The van der Waals surface area contributed by atoms with Crippen LogP contribution in [-0.4, -0.2) is 29.6 Å². The Balaban J connectivity index is 1.63. The van der Waals surface area contributed by atoms with E-state index in [1.54, 1.807) is 0 Å². The zero-order valence-electron chi connectivity index (χ0n) is 12.7. The molecular weight excluding hydrogens is 314 g/mol. The Morgan fingerprint density at radius 2 is 2.05 bits per heavy atom. The quantitative estimate of drug-likeness (QED) is 0.730. The van der Waals surface area contributed by atoms with Gasteiger partial charge in [0.05, 0.1) is 0 Å². The number of amides is 1. The Kier molecular flexibility index (Phi) is 5.48. The van der Waals surface area contributed by atoms with Crippen molar-refractivity contribution in [1.82, 2.24) is 4.90 Å². The first-order chi connectivity index (χ1) is 10.8. The fourth-order valence-electron chi connectivity index (χ4n) is 3.25. The van der Waals surface area contributed by atoms with Crippen LogP contribution in [0.1, 0.15) is 36.5 Å². The number of carbonyl (C=O) groups is 1. The lowest BCUT2D eigenvalue weighted by atomic mass is 9.93. The van der Waals surface area contributed by atoms with Crippen molar-refractivity contribution in [3.05, 3.63) is 47.0 Å². The average Bonchev–Trinajstić information content (AvgIpc) is 2.81. The van der Waals surface area contributed by atoms with Gasteiger partial charge in [-0.1, -0.05) is 42.0 Å². The molecular formula is C18H22ClNOS. The summed E-state index contributed by atoms with van der Waals surface area (Å²) < 4.78 is 0. The molecule has 1 amide bonds. The van der Waals surface area contributed by atoms with E-state index in [1.807, 2.05) is 30.0 Å². The van der Waals surface area contributed by atoms with Crippen molar-refractivity contribution in [1.29, 1.82) is 0 Å². The Morgan fingerprint density at radius 1 is 1.18 bits per heavy atom. The predicted octanol–water partition coefficient (Wildman–Crippen LogP) is 4.70. The van der Waals surface area contributed by atoms with Gasteiger partial charge in [0.2, 0.25) is 5.91 Å². The maximum absolute atomic E-state index is 12.7. The molecule has 1 aromatic carbocycles. The van der Waals surface area contributed by atoms with Crippen molar-refractivity contribution in [2.45, 2.75) is 30.9 Å². The smallest absolute Gasteiger partial charge is 0.226 e. The second kappa shape index (κ2) is 7.56. The van der Waals surface area contributed by atoms with E-state index in [9.17, 15) is 4.79 Å². The van der Waals surface area contributed by atoms with Crippen LogP contribution in [-0.2, 0) is 4.79 Å². The number of hydrogen-bond acceptors (Lipinski definition) is 2. The molecule has 2 nitrogen and oxygen atoms in total. The van der Waals surface area contributed by atoms with Gasteiger partial charge in [-0.3, -0.25) is 4.79 Å². The van der Waals surface area contributed by atoms with E-state index in [2.05, 4.69) is 23.1 Å². The van der Waals surface area contributed by atoms with E-state index in [-0.39, 0.29) is 5.92 Å². The summed E-state index contributed by atoms with van der Waals surface area (Å²) in [4.78, 5) is 14.7. The molecule has 2 unspecified atom stereocenters. The minimum Gasteiger partial charge on any atom is -0.342 e. The molecule has 3 rings (SSSR count). The molecule has 1 aliphatic carbocycles. The van der Waals surface area contributed by atoms with E-state index < -0.39 is 0 Å². The first-order valence-electron chi connectivity index (χ1n) is 8.05. The molecule has 0 N–H and O–H groups in total. The third-order valence-electron chi connectivity index (χ3n) is 4.52. The third kappa shape index (κ3) is 3.69. The maximum Gasteiger partial charge on any atom is 0.226 e. The molecule has 1 heterocycles. The van der Waals surface area contributed by atoms with Gasteiger partial charge in [0.1, 0.15) is 0 Å². The molecule has 1 aromatic rings. The zero-order chi connectivity index (χ0) is 15.4. The Morgan fingerprint density at radius 3 is 2.82 bits per heavy atom. The molecule has 1 saturated heterocycles. The SMILES string of the molecule is O=C(C1CC=CCC1)N1CCSC(c2ccccc2Cl)CC1. The lowest BCUT2D eigenvalue weighted by Gasteiger charge is -2.26. The number of rotatable bonds is 2. The van der Waals surface area contributed by atoms with Crippen molar-refractivity contribution >= 4 is 29.3 Å². The number of allylic oxidation sites excluding steroid dienone is 2. The first kappa shape index (κ1) is 15.9. The standard InChI is InChI=1S/C18H22ClNOS/c19-16-9-5-4-8-15(16)17-10-11-20(12-13-22-17)18(21)14-6-2-1-3-7-14/h1-2,4-5,8-9,14,17H,3,6-7,10-13H2. The van der Waals surface area contributed by atoms with Gasteiger partial charge >= 0.3 is 0 Å². The Bertz CT molecular complexity index is 560. The summed E-state index contributed by atoms with van der Waals surface area (Å²) in [6.45, 7) is 1.71. The lowest BCUT2D eigenvalue weighted by molar-refractivity contribution is -0.135. The summed E-state index contributed by atoms with van der Waals surface area (Å²) in [7, 11) is 0. The topological polar surface area (TPSA) is 20.3 Å². The zero-order valence-corrected chi connectivity index (χ0v) is 14.3. The highest BCUT2D eigenvalue weighted by Crippen LogP contribution is 2.38. The highest BCUT2D eigenvalue weighted by Gasteiger charge is 2.27. The van der Waals surface area contributed by atoms with Crippen LogP contribution in [0.4, 0.5) is 0 Å². The van der Waals surface area contributed by atoms with Crippen molar-refractivity contribution in [2.24, 2.45) is 5.92 Å². The highest BCUT2D eigenvalue weighted by molar-refractivity contribution is 7.99. The molecule has 2 atom stereocenters. The van der Waals surface area contributed by atoms with Crippen LogP contribution >= 0.6 is 23.4 Å². The van der Waals surface area contributed by atoms with Gasteiger partial charge in [-0.05, 0) is 37.3 Å².